The van der Waals surface area contributed by atoms with Gasteiger partial charge >= 0.3 is 0 Å². The van der Waals surface area contributed by atoms with Gasteiger partial charge in [-0.25, -0.2) is 0 Å². The van der Waals surface area contributed by atoms with Crippen molar-refractivity contribution in [2.45, 2.75) is 66.3 Å². The van der Waals surface area contributed by atoms with Gasteiger partial charge in [-0.15, -0.1) is 59.2 Å². The van der Waals surface area contributed by atoms with Crippen LogP contribution in [0.2, 0.25) is 13.1 Å². The number of benzene rings is 7. The zero-order valence-corrected chi connectivity index (χ0v) is 39.1. The van der Waals surface area contributed by atoms with Crippen molar-refractivity contribution < 1.29 is 32.8 Å². The molecule has 0 N–H and O–H groups in total. The number of aryl methyl sites for hydroxylation is 2. The zero-order valence-electron chi connectivity index (χ0n) is 41.7. The van der Waals surface area contributed by atoms with Gasteiger partial charge in [0.15, 0.2) is 0 Å². The zero-order chi connectivity index (χ0) is 47.4. The minimum absolute atomic E-state index is 0. The number of pyridine rings is 1. The van der Waals surface area contributed by atoms with Crippen molar-refractivity contribution in [3.63, 3.8) is 0 Å². The molecule has 3 heterocycles. The van der Waals surface area contributed by atoms with Gasteiger partial charge in [-0.3, -0.25) is 4.98 Å². The van der Waals surface area contributed by atoms with Gasteiger partial charge in [0.25, 0.3) is 0 Å². The fraction of sp³-hybridized carbons (Fsp3) is 0.179. The van der Waals surface area contributed by atoms with E-state index in [0.29, 0.717) is 23.1 Å². The number of para-hydroxylation sites is 2. The van der Waals surface area contributed by atoms with E-state index in [0.717, 1.165) is 33.7 Å². The summed E-state index contributed by atoms with van der Waals surface area (Å²) in [4.78, 5) is 9.49. The van der Waals surface area contributed by atoms with Crippen molar-refractivity contribution in [3.8, 4) is 56.3 Å². The van der Waals surface area contributed by atoms with E-state index in [2.05, 4.69) is 178 Å². The van der Waals surface area contributed by atoms with E-state index in [1.165, 1.54) is 73.9 Å². The SMILES string of the molecule is CC(C)c1cc(-c2ccccc2)cc(C(C)C)c1-n1c(-c2[c-]ccc3c2[Si](C)(C)Oc2c-3ccc3ccccc23)nc2ccccc21.[2H]C([2H])([2H])c1c[c-]c(-c2ccc(C([2H])([2H])[2H])cn2)cc1.[Ir]. The van der Waals surface area contributed by atoms with Crippen molar-refractivity contribution >= 4 is 35.3 Å². The molecule has 4 nitrogen and oxygen atoms in total. The molecule has 311 valence electrons. The Morgan fingerprint density at radius 2 is 1.40 bits per heavy atom. The van der Waals surface area contributed by atoms with Crippen LogP contribution in [-0.2, 0) is 20.1 Å². The van der Waals surface area contributed by atoms with Gasteiger partial charge in [0.2, 0.25) is 8.32 Å². The first-order chi connectivity index (χ1) is 31.9. The van der Waals surface area contributed by atoms with Crippen LogP contribution in [0.4, 0.5) is 0 Å². The molecule has 0 atom stereocenters. The predicted molar refractivity (Wildman–Crippen MR) is 258 cm³/mol. The van der Waals surface area contributed by atoms with Crippen molar-refractivity contribution in [2.24, 2.45) is 0 Å². The molecule has 7 aromatic carbocycles. The Hall–Kier alpha value is -5.91. The second-order valence-electron chi connectivity index (χ2n) is 16.8. The van der Waals surface area contributed by atoms with Crippen LogP contribution in [0.25, 0.3) is 72.4 Å². The molecule has 0 unspecified atom stereocenters. The number of imidazole rings is 1. The minimum atomic E-state index is -2.49. The number of hydrogen-bond donors (Lipinski definition) is 0. The molecule has 9 aromatic rings. The van der Waals surface area contributed by atoms with Crippen molar-refractivity contribution in [1.29, 1.82) is 0 Å². The average Bonchev–Trinajstić information content (AvgIpc) is 3.70. The number of nitrogens with zero attached hydrogens (tertiary/aromatic N) is 3. The van der Waals surface area contributed by atoms with E-state index in [4.69, 9.17) is 17.6 Å². The van der Waals surface area contributed by atoms with E-state index in [-0.39, 0.29) is 31.2 Å². The maximum absolute atomic E-state index is 7.28. The average molecular weight is 1010 g/mol. The minimum Gasteiger partial charge on any atom is -0.547 e. The Balaban J connectivity index is 0.000000251. The van der Waals surface area contributed by atoms with Crippen molar-refractivity contribution in [1.82, 2.24) is 14.5 Å². The number of fused-ring (bicyclic) bond motifs is 6. The van der Waals surface area contributed by atoms with Crippen LogP contribution in [0.15, 0.2) is 152 Å². The summed E-state index contributed by atoms with van der Waals surface area (Å²) in [5, 5.41) is 3.61. The Bertz CT molecular complexity index is 3190. The van der Waals surface area contributed by atoms with Crippen LogP contribution < -0.4 is 9.61 Å². The van der Waals surface area contributed by atoms with E-state index in [1.807, 2.05) is 0 Å². The molecule has 0 bridgehead atoms. The monoisotopic (exact) mass is 1010 g/mol. The Labute approximate surface area is 389 Å². The first kappa shape index (κ1) is 35.7. The molecule has 1 aliphatic heterocycles. The molecule has 1 aliphatic rings. The molecule has 2 aromatic heterocycles. The summed E-state index contributed by atoms with van der Waals surface area (Å²) < 4.78 is 53.2. The molecule has 10 rings (SSSR count). The quantitative estimate of drug-likeness (QED) is 0.123. The molecule has 0 spiro atoms. The van der Waals surface area contributed by atoms with Crippen molar-refractivity contribution in [3.05, 3.63) is 186 Å². The molecule has 0 saturated carbocycles. The summed E-state index contributed by atoms with van der Waals surface area (Å²) in [6.07, 6.45) is 1.30. The smallest absolute Gasteiger partial charge is 0.231 e. The maximum Gasteiger partial charge on any atom is 0.231 e. The Morgan fingerprint density at radius 1 is 0.694 bits per heavy atom. The van der Waals surface area contributed by atoms with Crippen molar-refractivity contribution in [2.75, 3.05) is 0 Å². The van der Waals surface area contributed by atoms with Gasteiger partial charge in [0.1, 0.15) is 5.75 Å². The third-order valence-electron chi connectivity index (χ3n) is 11.5. The van der Waals surface area contributed by atoms with Gasteiger partial charge < -0.3 is 14.0 Å². The number of rotatable bonds is 6. The van der Waals surface area contributed by atoms with Gasteiger partial charge in [-0.2, -0.15) is 0 Å². The van der Waals surface area contributed by atoms with Crippen LogP contribution in [-0.4, -0.2) is 22.9 Å². The number of aromatic nitrogens is 3. The van der Waals surface area contributed by atoms with Gasteiger partial charge in [-0.05, 0) is 94.9 Å². The molecule has 0 saturated heterocycles. The third kappa shape index (κ3) is 7.99. The first-order valence-corrected chi connectivity index (χ1v) is 23.8. The maximum atomic E-state index is 7.28. The normalized spacial score (nSPS) is 14.5. The predicted octanol–water partition coefficient (Wildman–Crippen LogP) is 14.2. The molecule has 1 radical (unpaired) electrons. The van der Waals surface area contributed by atoms with E-state index in [1.54, 1.807) is 12.1 Å². The summed E-state index contributed by atoms with van der Waals surface area (Å²) in [6, 6.07) is 55.5. The Kier molecular flexibility index (Phi) is 10.0. The fourth-order valence-corrected chi connectivity index (χ4v) is 11.1. The van der Waals surface area contributed by atoms with Gasteiger partial charge in [-0.1, -0.05) is 136 Å². The van der Waals surface area contributed by atoms with E-state index >= 15 is 0 Å². The molecule has 6 heteroatoms. The molecule has 0 amide bonds. The van der Waals surface area contributed by atoms with Gasteiger partial charge in [0, 0.05) is 51.2 Å². The third-order valence-corrected chi connectivity index (χ3v) is 13.9. The first-order valence-electron chi connectivity index (χ1n) is 23.9. The van der Waals surface area contributed by atoms with Crippen LogP contribution in [0.1, 0.15) is 70.0 Å². The van der Waals surface area contributed by atoms with Crippen LogP contribution in [0, 0.1) is 25.8 Å². The summed E-state index contributed by atoms with van der Waals surface area (Å²) in [6.45, 7) is 9.50. The standard InChI is InChI=1S/C43H39N2OSi.C13H12N.Ir/c1-27(2)36-25-31(29-15-8-7-9-16-29)26-37(28(3)4)40(36)45-39-22-13-12-21-38(39)44-43(45)35-20-14-19-34-33-24-23-30-17-10-11-18-32(30)41(33)46-47(5,6)42(34)35;1-10-3-6-12(7-4-10)13-8-5-11(2)9-14-13;/h7-19,21-28H,1-6H3;3-6,8-9H,1-2H3;/q2*-1;/i;1D3,2D3;. The molecular weight excluding hydrogens is 951 g/mol. The van der Waals surface area contributed by atoms with Crippen LogP contribution in [0.3, 0.4) is 0 Å². The molecular formula is C56H51IrN3OSi-2. The van der Waals surface area contributed by atoms with Gasteiger partial charge in [0.05, 0.1) is 16.9 Å². The fourth-order valence-electron chi connectivity index (χ4n) is 8.57. The van der Waals surface area contributed by atoms with Crippen LogP contribution in [0.5, 0.6) is 5.75 Å². The largest absolute Gasteiger partial charge is 0.547 e. The molecule has 0 fully saturated rings. The topological polar surface area (TPSA) is 39.9 Å². The second kappa shape index (κ2) is 17.5. The van der Waals surface area contributed by atoms with Crippen LogP contribution >= 0.6 is 0 Å². The van der Waals surface area contributed by atoms with E-state index < -0.39 is 22.0 Å². The summed E-state index contributed by atoms with van der Waals surface area (Å²) in [5.74, 6) is 2.51. The Morgan fingerprint density at radius 3 is 2.10 bits per heavy atom. The summed E-state index contributed by atoms with van der Waals surface area (Å²) >= 11 is 0. The van der Waals surface area contributed by atoms with E-state index in [9.17, 15) is 0 Å². The number of hydrogen-bond acceptors (Lipinski definition) is 3. The molecule has 62 heavy (non-hydrogen) atoms. The second-order valence-corrected chi connectivity index (χ2v) is 20.5. The summed E-state index contributed by atoms with van der Waals surface area (Å²) in [7, 11) is -2.49. The molecule has 0 aliphatic carbocycles. The summed E-state index contributed by atoms with van der Waals surface area (Å²) in [5.41, 5.74) is 13.4.